The molecule has 2 aromatic rings. The lowest BCUT2D eigenvalue weighted by Gasteiger charge is -2.02. The highest BCUT2D eigenvalue weighted by Gasteiger charge is 2.08. The fourth-order valence-electron chi connectivity index (χ4n) is 1.38. The second kappa shape index (κ2) is 4.09. The lowest BCUT2D eigenvalue weighted by Crippen LogP contribution is -2.03. The van der Waals surface area contributed by atoms with Crippen LogP contribution in [-0.4, -0.2) is 17.6 Å². The van der Waals surface area contributed by atoms with Crippen molar-refractivity contribution in [3.63, 3.8) is 0 Å². The maximum absolute atomic E-state index is 11.7. The Morgan fingerprint density at radius 1 is 1.31 bits per heavy atom. The molecule has 0 spiro atoms. The van der Waals surface area contributed by atoms with Crippen LogP contribution in [0.2, 0.25) is 0 Å². The molecule has 0 N–H and O–H groups in total. The van der Waals surface area contributed by atoms with Crippen LogP contribution >= 0.6 is 0 Å². The first-order valence-electron chi connectivity index (χ1n) is 4.57. The van der Waals surface area contributed by atoms with Crippen LogP contribution in [0, 0.1) is 0 Å². The van der Waals surface area contributed by atoms with E-state index in [9.17, 15) is 9.00 Å². The number of rotatable bonds is 2. The fourth-order valence-corrected chi connectivity index (χ4v) is 1.86. The van der Waals surface area contributed by atoms with Crippen LogP contribution in [0.1, 0.15) is 0 Å². The second-order valence-electron chi connectivity index (χ2n) is 3.25. The smallest absolute Gasteiger partial charge is 0.194 e. The van der Waals surface area contributed by atoms with Gasteiger partial charge in [0, 0.05) is 12.3 Å². The van der Waals surface area contributed by atoms with E-state index in [1.807, 2.05) is 0 Å². The van der Waals surface area contributed by atoms with E-state index in [0.29, 0.717) is 16.7 Å². The van der Waals surface area contributed by atoms with Crippen molar-refractivity contribution in [2.24, 2.45) is 0 Å². The van der Waals surface area contributed by atoms with Gasteiger partial charge in [0.25, 0.3) is 0 Å². The van der Waals surface area contributed by atoms with Gasteiger partial charge >= 0.3 is 0 Å². The van der Waals surface area contributed by atoms with Crippen molar-refractivity contribution < 1.29 is 13.4 Å². The van der Waals surface area contributed by atoms with Crippen molar-refractivity contribution in [3.05, 3.63) is 34.5 Å². The van der Waals surface area contributed by atoms with Crippen LogP contribution < -0.4 is 10.2 Å². The third-order valence-electron chi connectivity index (χ3n) is 2.20. The molecule has 16 heavy (non-hydrogen) atoms. The zero-order valence-corrected chi connectivity index (χ0v) is 9.67. The quantitative estimate of drug-likeness (QED) is 0.796. The van der Waals surface area contributed by atoms with Gasteiger partial charge < -0.3 is 9.15 Å². The molecule has 84 valence electrons. The Hall–Kier alpha value is -1.62. The van der Waals surface area contributed by atoms with Gasteiger partial charge in [-0.25, -0.2) is 0 Å². The second-order valence-corrected chi connectivity index (χ2v) is 4.56. The highest BCUT2D eigenvalue weighted by Crippen LogP contribution is 2.19. The van der Waals surface area contributed by atoms with Crippen molar-refractivity contribution >= 4 is 21.8 Å². The summed E-state index contributed by atoms with van der Waals surface area (Å²) in [6.07, 6.45) is 1.47. The van der Waals surface area contributed by atoms with Gasteiger partial charge in [0.05, 0.1) is 23.3 Å². The normalized spacial score (nSPS) is 12.6. The van der Waals surface area contributed by atoms with E-state index in [0.717, 1.165) is 0 Å². The van der Waals surface area contributed by atoms with Crippen molar-refractivity contribution in [1.29, 1.82) is 0 Å². The average Bonchev–Trinajstić information content (AvgIpc) is 2.28. The number of fused-ring (bicyclic) bond motifs is 1. The molecule has 0 radical (unpaired) electrons. The molecule has 0 fully saturated rings. The van der Waals surface area contributed by atoms with Crippen LogP contribution in [0.3, 0.4) is 0 Å². The number of ether oxygens (including phenoxy) is 1. The molecule has 0 bridgehead atoms. The van der Waals surface area contributed by atoms with Crippen LogP contribution in [0.15, 0.2) is 38.6 Å². The molecule has 1 heterocycles. The first-order valence-corrected chi connectivity index (χ1v) is 6.13. The third-order valence-corrected chi connectivity index (χ3v) is 2.96. The van der Waals surface area contributed by atoms with Crippen LogP contribution in [-0.2, 0) is 10.8 Å². The minimum absolute atomic E-state index is 0.183. The molecule has 0 aliphatic carbocycles. The Morgan fingerprint density at radius 2 is 2.06 bits per heavy atom. The molecule has 1 aromatic carbocycles. The topological polar surface area (TPSA) is 56.5 Å². The van der Waals surface area contributed by atoms with E-state index >= 15 is 0 Å². The molecule has 0 amide bonds. The van der Waals surface area contributed by atoms with Gasteiger partial charge in [-0.3, -0.25) is 9.00 Å². The van der Waals surface area contributed by atoms with Gasteiger partial charge in [-0.2, -0.15) is 0 Å². The van der Waals surface area contributed by atoms with Gasteiger partial charge in [-0.1, -0.05) is 0 Å². The first-order chi connectivity index (χ1) is 7.61. The molecule has 2 rings (SSSR count). The van der Waals surface area contributed by atoms with E-state index in [4.69, 9.17) is 9.15 Å². The summed E-state index contributed by atoms with van der Waals surface area (Å²) < 4.78 is 21.6. The zero-order chi connectivity index (χ0) is 11.7. The molecule has 5 heteroatoms. The van der Waals surface area contributed by atoms with Gasteiger partial charge in [0.2, 0.25) is 0 Å². The molecule has 0 saturated heterocycles. The SMILES string of the molecule is COc1ccc2oc(S(C)=O)cc(=O)c2c1. The van der Waals surface area contributed by atoms with Crippen molar-refractivity contribution in [2.75, 3.05) is 13.4 Å². The van der Waals surface area contributed by atoms with E-state index in [-0.39, 0.29) is 10.5 Å². The monoisotopic (exact) mass is 238 g/mol. The molecule has 0 saturated carbocycles. The summed E-state index contributed by atoms with van der Waals surface area (Å²) in [5.74, 6) is 0.588. The number of benzene rings is 1. The minimum atomic E-state index is -1.30. The van der Waals surface area contributed by atoms with Crippen LogP contribution in [0.4, 0.5) is 0 Å². The lowest BCUT2D eigenvalue weighted by atomic mass is 10.2. The van der Waals surface area contributed by atoms with Crippen molar-refractivity contribution in [1.82, 2.24) is 0 Å². The number of methoxy groups -OCH3 is 1. The predicted octanol–water partition coefficient (Wildman–Crippen LogP) is 1.54. The summed E-state index contributed by atoms with van der Waals surface area (Å²) in [7, 11) is 0.226. The summed E-state index contributed by atoms with van der Waals surface area (Å²) in [6.45, 7) is 0. The van der Waals surface area contributed by atoms with Crippen LogP contribution in [0.25, 0.3) is 11.0 Å². The highest BCUT2D eigenvalue weighted by atomic mass is 32.2. The standard InChI is InChI=1S/C11H10O4S/c1-14-7-3-4-10-8(5-7)9(12)6-11(15-10)16(2)13/h3-6H,1-2H3. The molecule has 1 aromatic heterocycles. The molecule has 0 aliphatic heterocycles. The molecule has 4 nitrogen and oxygen atoms in total. The fraction of sp³-hybridized carbons (Fsp3) is 0.182. The Labute approximate surface area is 94.3 Å². The van der Waals surface area contributed by atoms with Gasteiger partial charge in [0.1, 0.15) is 11.3 Å². The first kappa shape index (κ1) is 10.9. The zero-order valence-electron chi connectivity index (χ0n) is 8.85. The van der Waals surface area contributed by atoms with E-state index < -0.39 is 10.8 Å². The highest BCUT2D eigenvalue weighted by molar-refractivity contribution is 7.84. The molecular formula is C11H10O4S. The van der Waals surface area contributed by atoms with Crippen molar-refractivity contribution in [3.8, 4) is 5.75 Å². The average molecular weight is 238 g/mol. The number of hydrogen-bond acceptors (Lipinski definition) is 4. The molecule has 0 aliphatic rings. The Kier molecular flexibility index (Phi) is 2.78. The Morgan fingerprint density at radius 3 is 2.69 bits per heavy atom. The Bertz CT molecular complexity index is 615. The summed E-state index contributed by atoms with van der Waals surface area (Å²) in [6, 6.07) is 6.17. The Balaban J connectivity index is 2.76. The van der Waals surface area contributed by atoms with Gasteiger partial charge in [-0.15, -0.1) is 0 Å². The number of hydrogen-bond donors (Lipinski definition) is 0. The van der Waals surface area contributed by atoms with E-state index in [2.05, 4.69) is 0 Å². The van der Waals surface area contributed by atoms with Gasteiger partial charge in [0.15, 0.2) is 10.5 Å². The van der Waals surface area contributed by atoms with E-state index in [1.54, 1.807) is 18.2 Å². The predicted molar refractivity (Wildman–Crippen MR) is 61.4 cm³/mol. The maximum Gasteiger partial charge on any atom is 0.194 e. The van der Waals surface area contributed by atoms with Crippen LogP contribution in [0.5, 0.6) is 5.75 Å². The van der Waals surface area contributed by atoms with Gasteiger partial charge in [-0.05, 0) is 18.2 Å². The summed E-state index contributed by atoms with van der Waals surface area (Å²) >= 11 is 0. The molecular weight excluding hydrogens is 228 g/mol. The summed E-state index contributed by atoms with van der Waals surface area (Å²) in [5, 5.41) is 0.608. The van der Waals surface area contributed by atoms with Crippen molar-refractivity contribution in [2.45, 2.75) is 5.09 Å². The lowest BCUT2D eigenvalue weighted by molar-refractivity contribution is 0.414. The minimum Gasteiger partial charge on any atom is -0.497 e. The molecule has 1 unspecified atom stereocenters. The summed E-state index contributed by atoms with van der Waals surface area (Å²) in [4.78, 5) is 11.7. The summed E-state index contributed by atoms with van der Waals surface area (Å²) in [5.41, 5.74) is 0.198. The third kappa shape index (κ3) is 1.86. The van der Waals surface area contributed by atoms with E-state index in [1.165, 1.54) is 19.4 Å². The largest absolute Gasteiger partial charge is 0.497 e. The maximum atomic E-state index is 11.7. The molecule has 1 atom stereocenters.